The summed E-state index contributed by atoms with van der Waals surface area (Å²) in [6.45, 7) is 2.00. The minimum Gasteiger partial charge on any atom is -0.497 e. The average Bonchev–Trinajstić information content (AvgIpc) is 2.83. The number of nitrogens with one attached hydrogen (secondary N) is 1. The number of ether oxygens (including phenoxy) is 2. The highest BCUT2D eigenvalue weighted by Gasteiger charge is 2.29. The van der Waals surface area contributed by atoms with E-state index in [9.17, 15) is 13.2 Å². The Kier molecular flexibility index (Phi) is 8.38. The van der Waals surface area contributed by atoms with Crippen LogP contribution >= 0.6 is 0 Å². The number of hydrogen-bond donors (Lipinski definition) is 1. The zero-order chi connectivity index (χ0) is 23.8. The molecular weight excluding hydrogens is 440 g/mol. The maximum Gasteiger partial charge on any atom is 0.264 e. The van der Waals surface area contributed by atoms with E-state index in [4.69, 9.17) is 9.47 Å². The van der Waals surface area contributed by atoms with E-state index < -0.39 is 10.0 Å². The summed E-state index contributed by atoms with van der Waals surface area (Å²) in [4.78, 5) is 12.9. The van der Waals surface area contributed by atoms with Gasteiger partial charge < -0.3 is 14.8 Å². The summed E-state index contributed by atoms with van der Waals surface area (Å²) in [5.74, 6) is 0.443. The van der Waals surface area contributed by atoms with Gasteiger partial charge >= 0.3 is 0 Å². The summed E-state index contributed by atoms with van der Waals surface area (Å²) in [5.41, 5.74) is 2.56. The number of methoxy groups -OCH3 is 2. The van der Waals surface area contributed by atoms with Crippen molar-refractivity contribution in [2.75, 3.05) is 31.6 Å². The van der Waals surface area contributed by atoms with Crippen molar-refractivity contribution in [3.63, 3.8) is 0 Å². The second-order valence-corrected chi connectivity index (χ2v) is 9.93. The van der Waals surface area contributed by atoms with Crippen LogP contribution in [0.3, 0.4) is 0 Å². The van der Waals surface area contributed by atoms with Gasteiger partial charge in [0.2, 0.25) is 5.91 Å². The van der Waals surface area contributed by atoms with Crippen molar-refractivity contribution < 1.29 is 22.7 Å². The second-order valence-electron chi connectivity index (χ2n) is 8.07. The van der Waals surface area contributed by atoms with E-state index in [0.717, 1.165) is 29.1 Å². The normalized spacial score (nSPS) is 13.7. The molecule has 0 bridgehead atoms. The van der Waals surface area contributed by atoms with Gasteiger partial charge in [-0.2, -0.15) is 0 Å². The number of aryl methyl sites for hydroxylation is 1. The highest BCUT2D eigenvalue weighted by atomic mass is 32.2. The molecule has 1 N–H and O–H groups in total. The number of benzene rings is 2. The van der Waals surface area contributed by atoms with Gasteiger partial charge in [-0.15, -0.1) is 0 Å². The lowest BCUT2D eigenvalue weighted by atomic mass is 9.97. The van der Waals surface area contributed by atoms with Crippen molar-refractivity contribution in [2.45, 2.75) is 43.9 Å². The zero-order valence-electron chi connectivity index (χ0n) is 19.5. The quantitative estimate of drug-likeness (QED) is 0.524. The molecule has 0 aromatic heterocycles. The lowest BCUT2D eigenvalue weighted by Crippen LogP contribution is -2.41. The van der Waals surface area contributed by atoms with Crippen molar-refractivity contribution in [2.24, 2.45) is 0 Å². The Labute approximate surface area is 196 Å². The Morgan fingerprint density at radius 3 is 2.45 bits per heavy atom. The fraction of sp³-hybridized carbons (Fsp3) is 0.400. The van der Waals surface area contributed by atoms with Gasteiger partial charge in [0, 0.05) is 12.6 Å². The summed E-state index contributed by atoms with van der Waals surface area (Å²) in [6.07, 6.45) is 7.56. The summed E-state index contributed by atoms with van der Waals surface area (Å²) >= 11 is 0. The van der Waals surface area contributed by atoms with Gasteiger partial charge in [-0.1, -0.05) is 29.3 Å². The number of amides is 1. The SMILES string of the molecule is COc1ccc(N(CC(=O)NCCC2=CCCCC2)S(=O)(=O)c2ccc(C)cc2)c(OC)c1. The van der Waals surface area contributed by atoms with Gasteiger partial charge in [-0.3, -0.25) is 9.10 Å². The summed E-state index contributed by atoms with van der Waals surface area (Å²) in [5, 5.41) is 2.87. The molecule has 1 amide bonds. The van der Waals surface area contributed by atoms with Gasteiger partial charge in [0.05, 0.1) is 24.8 Å². The van der Waals surface area contributed by atoms with Crippen LogP contribution < -0.4 is 19.1 Å². The van der Waals surface area contributed by atoms with E-state index in [2.05, 4.69) is 11.4 Å². The zero-order valence-corrected chi connectivity index (χ0v) is 20.3. The van der Waals surface area contributed by atoms with E-state index in [1.54, 1.807) is 42.5 Å². The molecule has 7 nitrogen and oxygen atoms in total. The largest absolute Gasteiger partial charge is 0.497 e. The maximum absolute atomic E-state index is 13.6. The molecule has 0 heterocycles. The van der Waals surface area contributed by atoms with Crippen LogP contribution in [0.4, 0.5) is 5.69 Å². The Morgan fingerprint density at radius 1 is 1.06 bits per heavy atom. The molecule has 0 saturated carbocycles. The van der Waals surface area contributed by atoms with Gasteiger partial charge in [0.25, 0.3) is 10.0 Å². The van der Waals surface area contributed by atoms with Crippen LogP contribution in [0, 0.1) is 6.92 Å². The Hall–Kier alpha value is -3.00. The molecule has 1 aliphatic rings. The fourth-order valence-corrected chi connectivity index (χ4v) is 5.24. The van der Waals surface area contributed by atoms with Crippen molar-refractivity contribution in [1.82, 2.24) is 5.32 Å². The van der Waals surface area contributed by atoms with E-state index in [1.165, 1.54) is 32.6 Å². The molecule has 33 heavy (non-hydrogen) atoms. The van der Waals surface area contributed by atoms with E-state index in [1.807, 2.05) is 6.92 Å². The van der Waals surface area contributed by atoms with E-state index in [-0.39, 0.29) is 23.0 Å². The lowest BCUT2D eigenvalue weighted by molar-refractivity contribution is -0.119. The topological polar surface area (TPSA) is 84.9 Å². The molecule has 0 radical (unpaired) electrons. The molecule has 1 aliphatic carbocycles. The van der Waals surface area contributed by atoms with Crippen LogP contribution in [0.5, 0.6) is 11.5 Å². The second kappa shape index (κ2) is 11.2. The first-order valence-corrected chi connectivity index (χ1v) is 12.5. The van der Waals surface area contributed by atoms with Gasteiger partial charge in [-0.25, -0.2) is 8.42 Å². The minimum absolute atomic E-state index is 0.103. The van der Waals surface area contributed by atoms with Crippen molar-refractivity contribution >= 4 is 21.6 Å². The molecule has 0 saturated heterocycles. The van der Waals surface area contributed by atoms with Crippen LogP contribution in [-0.2, 0) is 14.8 Å². The molecule has 0 fully saturated rings. The number of carbonyl (C=O) groups is 1. The van der Waals surface area contributed by atoms with Gasteiger partial charge in [0.1, 0.15) is 18.0 Å². The third-order valence-electron chi connectivity index (χ3n) is 5.71. The molecule has 178 valence electrons. The summed E-state index contributed by atoms with van der Waals surface area (Å²) in [6, 6.07) is 11.4. The van der Waals surface area contributed by atoms with Crippen molar-refractivity contribution in [1.29, 1.82) is 0 Å². The molecule has 2 aromatic rings. The Balaban J connectivity index is 1.86. The molecule has 0 atom stereocenters. The average molecular weight is 473 g/mol. The molecule has 8 heteroatoms. The lowest BCUT2D eigenvalue weighted by Gasteiger charge is -2.26. The Morgan fingerprint density at radius 2 is 1.82 bits per heavy atom. The minimum atomic E-state index is -4.02. The Bertz CT molecular complexity index is 1090. The highest BCUT2D eigenvalue weighted by Crippen LogP contribution is 2.35. The third-order valence-corrected chi connectivity index (χ3v) is 7.48. The maximum atomic E-state index is 13.6. The number of rotatable bonds is 10. The van der Waals surface area contributed by atoms with Crippen molar-refractivity contribution in [3.8, 4) is 11.5 Å². The molecule has 2 aromatic carbocycles. The standard InChI is InChI=1S/C25H32N2O5S/c1-19-9-12-22(13-10-19)33(29,30)27(23-14-11-21(31-2)17-24(23)32-3)18-25(28)26-16-15-20-7-5-4-6-8-20/h7,9-14,17H,4-6,8,15-16,18H2,1-3H3,(H,26,28). The molecule has 0 aliphatic heterocycles. The predicted octanol–water partition coefficient (Wildman–Crippen LogP) is 4.21. The first-order chi connectivity index (χ1) is 15.8. The number of hydrogen-bond acceptors (Lipinski definition) is 5. The number of sulfonamides is 1. The van der Waals surface area contributed by atoms with Crippen LogP contribution in [-0.4, -0.2) is 41.6 Å². The number of nitrogens with zero attached hydrogens (tertiary/aromatic N) is 1. The molecule has 0 unspecified atom stereocenters. The van der Waals surface area contributed by atoms with Crippen LogP contribution in [0.25, 0.3) is 0 Å². The molecular formula is C25H32N2O5S. The number of anilines is 1. The smallest absolute Gasteiger partial charge is 0.264 e. The summed E-state index contributed by atoms with van der Waals surface area (Å²) < 4.78 is 38.9. The van der Waals surface area contributed by atoms with Gasteiger partial charge in [-0.05, 0) is 63.3 Å². The number of carbonyl (C=O) groups excluding carboxylic acids is 1. The number of allylic oxidation sites excluding steroid dienone is 1. The monoisotopic (exact) mass is 472 g/mol. The highest BCUT2D eigenvalue weighted by molar-refractivity contribution is 7.92. The van der Waals surface area contributed by atoms with Crippen LogP contribution in [0.15, 0.2) is 59.0 Å². The van der Waals surface area contributed by atoms with Crippen LogP contribution in [0.1, 0.15) is 37.7 Å². The third kappa shape index (κ3) is 6.28. The molecule has 0 spiro atoms. The first-order valence-electron chi connectivity index (χ1n) is 11.1. The predicted molar refractivity (Wildman–Crippen MR) is 129 cm³/mol. The van der Waals surface area contributed by atoms with Gasteiger partial charge in [0.15, 0.2) is 0 Å². The van der Waals surface area contributed by atoms with Crippen molar-refractivity contribution in [3.05, 3.63) is 59.7 Å². The van der Waals surface area contributed by atoms with E-state index >= 15 is 0 Å². The molecule has 3 rings (SSSR count). The summed E-state index contributed by atoms with van der Waals surface area (Å²) in [7, 11) is -1.05. The fourth-order valence-electron chi connectivity index (χ4n) is 3.81. The van der Waals surface area contributed by atoms with Crippen LogP contribution in [0.2, 0.25) is 0 Å². The van der Waals surface area contributed by atoms with E-state index in [0.29, 0.717) is 18.0 Å². The first kappa shape index (κ1) is 24.6.